The maximum Gasteiger partial charge on any atom is 0.408 e. The van der Waals surface area contributed by atoms with Gasteiger partial charge in [-0.25, -0.2) is 9.59 Å². The highest BCUT2D eigenvalue weighted by atomic mass is 16.6. The van der Waals surface area contributed by atoms with Crippen LogP contribution in [0.4, 0.5) is 9.59 Å². The van der Waals surface area contributed by atoms with E-state index in [9.17, 15) is 19.5 Å². The van der Waals surface area contributed by atoms with E-state index in [0.29, 0.717) is 25.0 Å². The summed E-state index contributed by atoms with van der Waals surface area (Å²) in [7, 11) is 0. The predicted molar refractivity (Wildman–Crippen MR) is 185 cm³/mol. The number of hydrogen-bond acceptors (Lipinski definition) is 8. The molecular weight excluding hydrogens is 622 g/mol. The van der Waals surface area contributed by atoms with Crippen molar-refractivity contribution in [2.24, 2.45) is 5.92 Å². The molecule has 2 heterocycles. The zero-order valence-corrected chi connectivity index (χ0v) is 27.9. The maximum atomic E-state index is 13.8. The molecule has 2 aromatic heterocycles. The van der Waals surface area contributed by atoms with Crippen LogP contribution in [0.15, 0.2) is 110 Å². The zero-order chi connectivity index (χ0) is 34.8. The third-order valence-electron chi connectivity index (χ3n) is 8.20. The van der Waals surface area contributed by atoms with Crippen LogP contribution < -0.4 is 16.0 Å². The lowest BCUT2D eigenvalue weighted by molar-refractivity contribution is -0.126. The minimum atomic E-state index is -1.08. The SMILES string of the molecule is CC[C@H](C)[C@H](NC(=O)OCc1ccccn1)C(=O)N[C@@H](Cc1ccccc1)[C@@H](O)C[C@H](Cc1ccccc1)NC(=O)OCc1cccnc1. The first-order chi connectivity index (χ1) is 23.8. The van der Waals surface area contributed by atoms with Crippen molar-refractivity contribution < 1.29 is 29.0 Å². The monoisotopic (exact) mass is 667 g/mol. The fourth-order valence-corrected chi connectivity index (χ4v) is 5.31. The molecule has 5 atom stereocenters. The summed E-state index contributed by atoms with van der Waals surface area (Å²) in [5.41, 5.74) is 3.18. The number of ether oxygens (including phenoxy) is 2. The lowest BCUT2D eigenvalue weighted by atomic mass is 9.92. The van der Waals surface area contributed by atoms with Crippen LogP contribution in [0.3, 0.4) is 0 Å². The fourth-order valence-electron chi connectivity index (χ4n) is 5.31. The van der Waals surface area contributed by atoms with E-state index < -0.39 is 42.3 Å². The molecule has 0 aliphatic heterocycles. The molecule has 0 aliphatic rings. The molecule has 0 saturated carbocycles. The van der Waals surface area contributed by atoms with Crippen LogP contribution in [0.5, 0.6) is 0 Å². The number of carbonyl (C=O) groups excluding carboxylic acids is 3. The number of rotatable bonds is 17. The number of amides is 3. The van der Waals surface area contributed by atoms with E-state index in [4.69, 9.17) is 9.47 Å². The van der Waals surface area contributed by atoms with E-state index in [1.165, 1.54) is 0 Å². The summed E-state index contributed by atoms with van der Waals surface area (Å²) in [5.74, 6) is -0.688. The fraction of sp³-hybridized carbons (Fsp3) is 0.342. The van der Waals surface area contributed by atoms with Crippen LogP contribution in [0.2, 0.25) is 0 Å². The minimum Gasteiger partial charge on any atom is -0.445 e. The molecule has 4 N–H and O–H groups in total. The van der Waals surface area contributed by atoms with Gasteiger partial charge in [0.2, 0.25) is 5.91 Å². The number of hydrogen-bond donors (Lipinski definition) is 4. The van der Waals surface area contributed by atoms with Gasteiger partial charge in [-0.2, -0.15) is 0 Å². The van der Waals surface area contributed by atoms with Crippen molar-refractivity contribution in [1.82, 2.24) is 25.9 Å². The summed E-state index contributed by atoms with van der Waals surface area (Å²) >= 11 is 0. The standard InChI is InChI=1S/C38H45N5O6/c1-3-27(2)35(43-38(47)49-26-31-18-10-11-20-40-31)36(45)42-33(22-29-15-8-5-9-16-29)34(44)23-32(21-28-13-6-4-7-14-28)41-37(46)48-25-30-17-12-19-39-24-30/h4-20,24,27,32-35,44H,3,21-23,25-26H2,1-2H3,(H,41,46)(H,42,45)(H,43,47)/t27-,32-,33-,34-,35-/m0/s1. The molecule has 0 fully saturated rings. The van der Waals surface area contributed by atoms with Crippen molar-refractivity contribution in [3.8, 4) is 0 Å². The Bertz CT molecular complexity index is 1560. The van der Waals surface area contributed by atoms with Gasteiger partial charge >= 0.3 is 12.2 Å². The molecule has 0 spiro atoms. The first-order valence-corrected chi connectivity index (χ1v) is 16.5. The van der Waals surface area contributed by atoms with Crippen LogP contribution in [-0.2, 0) is 40.3 Å². The number of aromatic nitrogens is 2. The van der Waals surface area contributed by atoms with Crippen LogP contribution in [0.1, 0.15) is 49.1 Å². The lowest BCUT2D eigenvalue weighted by Gasteiger charge is -2.31. The van der Waals surface area contributed by atoms with Gasteiger partial charge < -0.3 is 30.5 Å². The molecule has 0 saturated heterocycles. The Morgan fingerprint density at radius 3 is 2.00 bits per heavy atom. The van der Waals surface area contributed by atoms with Gasteiger partial charge in [-0.15, -0.1) is 0 Å². The Labute approximate surface area is 287 Å². The van der Waals surface area contributed by atoms with Crippen molar-refractivity contribution in [3.05, 3.63) is 132 Å². The first-order valence-electron chi connectivity index (χ1n) is 16.5. The number of benzene rings is 2. The molecule has 49 heavy (non-hydrogen) atoms. The number of aliphatic hydroxyl groups is 1. The van der Waals surface area contributed by atoms with Gasteiger partial charge in [-0.3, -0.25) is 14.8 Å². The van der Waals surface area contributed by atoms with Gasteiger partial charge in [0.15, 0.2) is 0 Å². The number of aliphatic hydroxyl groups excluding tert-OH is 1. The summed E-state index contributed by atoms with van der Waals surface area (Å²) in [4.78, 5) is 47.7. The Morgan fingerprint density at radius 1 is 0.735 bits per heavy atom. The van der Waals surface area contributed by atoms with Gasteiger partial charge in [-0.05, 0) is 54.5 Å². The van der Waals surface area contributed by atoms with E-state index >= 15 is 0 Å². The second-order valence-electron chi connectivity index (χ2n) is 12.0. The highest BCUT2D eigenvalue weighted by Gasteiger charge is 2.32. The van der Waals surface area contributed by atoms with Crippen molar-refractivity contribution in [2.45, 2.75) is 77.0 Å². The summed E-state index contributed by atoms with van der Waals surface area (Å²) in [5, 5.41) is 20.4. The normalized spacial score (nSPS) is 13.9. The second-order valence-corrected chi connectivity index (χ2v) is 12.0. The Kier molecular flexibility index (Phi) is 14.6. The molecule has 2 aromatic carbocycles. The van der Waals surface area contributed by atoms with E-state index in [-0.39, 0.29) is 25.6 Å². The van der Waals surface area contributed by atoms with Crippen molar-refractivity contribution in [2.75, 3.05) is 0 Å². The molecular formula is C38H45N5O6. The average molecular weight is 668 g/mol. The van der Waals surface area contributed by atoms with Crippen LogP contribution in [-0.4, -0.2) is 57.4 Å². The quantitative estimate of drug-likeness (QED) is 0.121. The molecule has 0 radical (unpaired) electrons. The summed E-state index contributed by atoms with van der Waals surface area (Å²) in [6.07, 6.45) is 3.87. The van der Waals surface area contributed by atoms with Crippen molar-refractivity contribution >= 4 is 18.1 Å². The van der Waals surface area contributed by atoms with Crippen molar-refractivity contribution in [1.29, 1.82) is 0 Å². The molecule has 11 nitrogen and oxygen atoms in total. The average Bonchev–Trinajstić information content (AvgIpc) is 3.13. The largest absolute Gasteiger partial charge is 0.445 e. The number of pyridine rings is 2. The maximum absolute atomic E-state index is 13.8. The molecule has 11 heteroatoms. The highest BCUT2D eigenvalue weighted by Crippen LogP contribution is 2.16. The molecule has 0 aliphatic carbocycles. The molecule has 4 aromatic rings. The number of nitrogens with zero attached hydrogens (tertiary/aromatic N) is 2. The number of nitrogens with one attached hydrogen (secondary N) is 3. The molecule has 0 bridgehead atoms. The first kappa shape index (κ1) is 36.5. The minimum absolute atomic E-state index is 0.0429. The Morgan fingerprint density at radius 2 is 1.37 bits per heavy atom. The molecule has 258 valence electrons. The Balaban J connectivity index is 1.48. The zero-order valence-electron chi connectivity index (χ0n) is 27.9. The highest BCUT2D eigenvalue weighted by molar-refractivity contribution is 5.86. The third kappa shape index (κ3) is 12.7. The van der Waals surface area contributed by atoms with Gasteiger partial charge in [0.1, 0.15) is 19.3 Å². The van der Waals surface area contributed by atoms with Crippen molar-refractivity contribution in [3.63, 3.8) is 0 Å². The van der Waals surface area contributed by atoms with Gasteiger partial charge in [0.25, 0.3) is 0 Å². The van der Waals surface area contributed by atoms with E-state index in [1.54, 1.807) is 42.9 Å². The van der Waals surface area contributed by atoms with E-state index in [0.717, 1.165) is 16.7 Å². The Hall–Kier alpha value is -5.29. The molecule has 3 amide bonds. The topological polar surface area (TPSA) is 152 Å². The number of carbonyl (C=O) groups is 3. The van der Waals surface area contributed by atoms with E-state index in [1.807, 2.05) is 80.6 Å². The van der Waals surface area contributed by atoms with E-state index in [2.05, 4.69) is 25.9 Å². The van der Waals surface area contributed by atoms with Crippen LogP contribution in [0, 0.1) is 5.92 Å². The summed E-state index contributed by atoms with van der Waals surface area (Å²) < 4.78 is 10.8. The van der Waals surface area contributed by atoms with Crippen LogP contribution in [0.25, 0.3) is 0 Å². The molecule has 0 unspecified atom stereocenters. The predicted octanol–water partition coefficient (Wildman–Crippen LogP) is 5.13. The molecule has 4 rings (SSSR count). The van der Waals surface area contributed by atoms with Gasteiger partial charge in [-0.1, -0.05) is 93.1 Å². The van der Waals surface area contributed by atoms with Gasteiger partial charge in [0.05, 0.1) is 17.8 Å². The second kappa shape index (κ2) is 19.5. The van der Waals surface area contributed by atoms with Gasteiger partial charge in [0, 0.05) is 30.2 Å². The summed E-state index contributed by atoms with van der Waals surface area (Å²) in [6, 6.07) is 25.8. The summed E-state index contributed by atoms with van der Waals surface area (Å²) in [6.45, 7) is 3.79. The third-order valence-corrected chi connectivity index (χ3v) is 8.20. The van der Waals surface area contributed by atoms with Crippen LogP contribution >= 0.6 is 0 Å². The lowest BCUT2D eigenvalue weighted by Crippen LogP contribution is -2.56. The smallest absolute Gasteiger partial charge is 0.408 e. The number of alkyl carbamates (subject to hydrolysis) is 2.